The zero-order chi connectivity index (χ0) is 13.8. The lowest BCUT2D eigenvalue weighted by atomic mass is 10.1. The van der Waals surface area contributed by atoms with Gasteiger partial charge in [-0.1, -0.05) is 0 Å². The Labute approximate surface area is 107 Å². The van der Waals surface area contributed by atoms with Crippen LogP contribution in [0.5, 0.6) is 0 Å². The Balaban J connectivity index is 2.20. The third kappa shape index (κ3) is 2.82. The second kappa shape index (κ2) is 5.38. The van der Waals surface area contributed by atoms with Crippen LogP contribution in [0.25, 0.3) is 0 Å². The number of nitrogens with zero attached hydrogens (tertiary/aromatic N) is 2. The van der Waals surface area contributed by atoms with E-state index in [9.17, 15) is 14.0 Å². The molecule has 0 saturated carbocycles. The van der Waals surface area contributed by atoms with Crippen LogP contribution in [0.4, 0.5) is 4.39 Å². The van der Waals surface area contributed by atoms with Crippen molar-refractivity contribution in [2.75, 3.05) is 6.61 Å². The summed E-state index contributed by atoms with van der Waals surface area (Å²) in [7, 11) is 0. The van der Waals surface area contributed by atoms with Crippen molar-refractivity contribution < 1.29 is 18.7 Å². The first kappa shape index (κ1) is 12.9. The number of halogens is 1. The number of nitrogens with one attached hydrogen (secondary N) is 1. The summed E-state index contributed by atoms with van der Waals surface area (Å²) >= 11 is 0. The second-order valence-electron chi connectivity index (χ2n) is 3.56. The number of hydrogen-bond donors (Lipinski definition) is 1. The number of ether oxygens (including phenoxy) is 1. The van der Waals surface area contributed by atoms with Gasteiger partial charge in [0.05, 0.1) is 6.61 Å². The van der Waals surface area contributed by atoms with Crippen molar-refractivity contribution in [3.8, 4) is 0 Å². The van der Waals surface area contributed by atoms with E-state index in [1.54, 1.807) is 6.92 Å². The maximum absolute atomic E-state index is 12.7. The number of ketones is 1. The molecule has 2 rings (SSSR count). The smallest absolute Gasteiger partial charge is 0.375 e. The molecule has 0 unspecified atom stereocenters. The Hall–Kier alpha value is -2.57. The van der Waals surface area contributed by atoms with Crippen LogP contribution in [0.2, 0.25) is 0 Å². The molecule has 2 aromatic rings. The van der Waals surface area contributed by atoms with Crippen LogP contribution < -0.4 is 0 Å². The number of aromatic amines is 1. The molecule has 1 heterocycles. The van der Waals surface area contributed by atoms with Crippen LogP contribution >= 0.6 is 0 Å². The van der Waals surface area contributed by atoms with Gasteiger partial charge < -0.3 is 4.74 Å². The SMILES string of the molecule is CCOC(=O)c1nc(C(=O)c2ccc(F)cc2)n[nH]1. The maximum atomic E-state index is 12.7. The van der Waals surface area contributed by atoms with E-state index < -0.39 is 17.6 Å². The first-order valence-corrected chi connectivity index (χ1v) is 5.51. The molecular weight excluding hydrogens is 253 g/mol. The average Bonchev–Trinajstić information content (AvgIpc) is 2.89. The molecule has 0 aliphatic rings. The summed E-state index contributed by atoms with van der Waals surface area (Å²) in [5.41, 5.74) is 0.232. The predicted molar refractivity (Wildman–Crippen MR) is 62.2 cm³/mol. The number of H-pyrrole nitrogens is 1. The topological polar surface area (TPSA) is 84.9 Å². The number of esters is 1. The van der Waals surface area contributed by atoms with Gasteiger partial charge in [0.1, 0.15) is 5.82 Å². The molecule has 19 heavy (non-hydrogen) atoms. The third-order valence-corrected chi connectivity index (χ3v) is 2.26. The standard InChI is InChI=1S/C12H10FN3O3/c1-2-19-12(18)11-14-10(15-16-11)9(17)7-3-5-8(13)6-4-7/h3-6H,2H2,1H3,(H,14,15,16). The molecule has 0 aliphatic carbocycles. The van der Waals surface area contributed by atoms with E-state index in [1.165, 1.54) is 12.1 Å². The quantitative estimate of drug-likeness (QED) is 0.664. The maximum Gasteiger partial charge on any atom is 0.375 e. The van der Waals surface area contributed by atoms with Gasteiger partial charge in [-0.3, -0.25) is 9.89 Å². The van der Waals surface area contributed by atoms with Gasteiger partial charge in [-0.2, -0.15) is 4.98 Å². The van der Waals surface area contributed by atoms with Crippen LogP contribution in [0, 0.1) is 5.82 Å². The van der Waals surface area contributed by atoms with Crippen molar-refractivity contribution in [1.29, 1.82) is 0 Å². The fraction of sp³-hybridized carbons (Fsp3) is 0.167. The highest BCUT2D eigenvalue weighted by Crippen LogP contribution is 2.08. The van der Waals surface area contributed by atoms with Crippen molar-refractivity contribution >= 4 is 11.8 Å². The van der Waals surface area contributed by atoms with Gasteiger partial charge in [0.2, 0.25) is 17.4 Å². The number of carbonyl (C=O) groups excluding carboxylic acids is 2. The van der Waals surface area contributed by atoms with E-state index in [-0.39, 0.29) is 23.8 Å². The van der Waals surface area contributed by atoms with E-state index in [4.69, 9.17) is 4.74 Å². The Morgan fingerprint density at radius 3 is 2.63 bits per heavy atom. The summed E-state index contributed by atoms with van der Waals surface area (Å²) in [5, 5.41) is 5.96. The molecule has 1 N–H and O–H groups in total. The average molecular weight is 263 g/mol. The second-order valence-corrected chi connectivity index (χ2v) is 3.56. The molecule has 0 bridgehead atoms. The van der Waals surface area contributed by atoms with Crippen LogP contribution in [0.1, 0.15) is 33.7 Å². The molecule has 6 nitrogen and oxygen atoms in total. The van der Waals surface area contributed by atoms with Crippen LogP contribution in [-0.4, -0.2) is 33.5 Å². The summed E-state index contributed by atoms with van der Waals surface area (Å²) in [4.78, 5) is 27.0. The Morgan fingerprint density at radius 2 is 2.00 bits per heavy atom. The Bertz CT molecular complexity index is 607. The summed E-state index contributed by atoms with van der Waals surface area (Å²) < 4.78 is 17.4. The zero-order valence-electron chi connectivity index (χ0n) is 10.0. The highest BCUT2D eigenvalue weighted by atomic mass is 19.1. The minimum Gasteiger partial charge on any atom is -0.460 e. The monoisotopic (exact) mass is 263 g/mol. The fourth-order valence-electron chi connectivity index (χ4n) is 1.38. The van der Waals surface area contributed by atoms with E-state index >= 15 is 0 Å². The van der Waals surface area contributed by atoms with E-state index in [0.29, 0.717) is 0 Å². The number of carbonyl (C=O) groups is 2. The molecule has 98 valence electrons. The first-order chi connectivity index (χ1) is 9.11. The lowest BCUT2D eigenvalue weighted by Crippen LogP contribution is -2.08. The molecule has 1 aromatic heterocycles. The minimum atomic E-state index is -0.687. The molecule has 0 spiro atoms. The number of hydrogen-bond acceptors (Lipinski definition) is 5. The van der Waals surface area contributed by atoms with Crippen molar-refractivity contribution in [2.24, 2.45) is 0 Å². The molecule has 7 heteroatoms. The van der Waals surface area contributed by atoms with Gasteiger partial charge in [0.15, 0.2) is 0 Å². The Kier molecular flexibility index (Phi) is 3.65. The number of aromatic nitrogens is 3. The molecule has 0 aliphatic heterocycles. The molecule has 1 aromatic carbocycles. The van der Waals surface area contributed by atoms with Crippen LogP contribution in [0.15, 0.2) is 24.3 Å². The molecule has 0 fully saturated rings. The number of benzene rings is 1. The summed E-state index contributed by atoms with van der Waals surface area (Å²) in [6, 6.07) is 4.95. The van der Waals surface area contributed by atoms with Crippen LogP contribution in [0.3, 0.4) is 0 Å². The summed E-state index contributed by atoms with van der Waals surface area (Å²) in [6.07, 6.45) is 0. The third-order valence-electron chi connectivity index (χ3n) is 2.26. The van der Waals surface area contributed by atoms with Gasteiger partial charge in [0.25, 0.3) is 0 Å². The van der Waals surface area contributed by atoms with E-state index in [2.05, 4.69) is 15.2 Å². The van der Waals surface area contributed by atoms with Crippen LogP contribution in [-0.2, 0) is 4.74 Å². The van der Waals surface area contributed by atoms with Gasteiger partial charge in [-0.25, -0.2) is 9.18 Å². The normalized spacial score (nSPS) is 10.2. The predicted octanol–water partition coefficient (Wildman–Crippen LogP) is 1.35. The van der Waals surface area contributed by atoms with E-state index in [0.717, 1.165) is 12.1 Å². The lowest BCUT2D eigenvalue weighted by Gasteiger charge is -1.96. The lowest BCUT2D eigenvalue weighted by molar-refractivity contribution is 0.0512. The van der Waals surface area contributed by atoms with E-state index in [1.807, 2.05) is 0 Å². The summed E-state index contributed by atoms with van der Waals surface area (Å²) in [5.74, 6) is -1.96. The largest absolute Gasteiger partial charge is 0.460 e. The molecule has 0 radical (unpaired) electrons. The highest BCUT2D eigenvalue weighted by molar-refractivity contribution is 6.06. The summed E-state index contributed by atoms with van der Waals surface area (Å²) in [6.45, 7) is 1.85. The van der Waals surface area contributed by atoms with Gasteiger partial charge in [-0.15, -0.1) is 5.10 Å². The van der Waals surface area contributed by atoms with Gasteiger partial charge in [0, 0.05) is 5.56 Å². The zero-order valence-corrected chi connectivity index (χ0v) is 10.0. The van der Waals surface area contributed by atoms with Crippen molar-refractivity contribution in [1.82, 2.24) is 15.2 Å². The van der Waals surface area contributed by atoms with Crippen molar-refractivity contribution in [3.05, 3.63) is 47.3 Å². The molecular formula is C12H10FN3O3. The van der Waals surface area contributed by atoms with Crippen molar-refractivity contribution in [3.63, 3.8) is 0 Å². The fourth-order valence-corrected chi connectivity index (χ4v) is 1.38. The highest BCUT2D eigenvalue weighted by Gasteiger charge is 2.18. The van der Waals surface area contributed by atoms with Gasteiger partial charge >= 0.3 is 5.97 Å². The molecule has 0 atom stereocenters. The van der Waals surface area contributed by atoms with Crippen molar-refractivity contribution in [2.45, 2.75) is 6.92 Å². The molecule has 0 saturated heterocycles. The Morgan fingerprint density at radius 1 is 1.32 bits per heavy atom. The number of rotatable bonds is 4. The minimum absolute atomic E-state index is 0.146. The first-order valence-electron chi connectivity index (χ1n) is 5.51. The molecule has 0 amide bonds. The van der Waals surface area contributed by atoms with Gasteiger partial charge in [-0.05, 0) is 31.2 Å².